The maximum absolute atomic E-state index is 13.6. The van der Waals surface area contributed by atoms with Gasteiger partial charge in [0.25, 0.3) is 0 Å². The molecule has 172 valence electrons. The van der Waals surface area contributed by atoms with E-state index in [9.17, 15) is 26.4 Å². The Morgan fingerprint density at radius 3 is 2.53 bits per heavy atom. The van der Waals surface area contributed by atoms with Crippen LogP contribution in [0, 0.1) is 0 Å². The third-order valence-electron chi connectivity index (χ3n) is 4.67. The average molecular weight is 487 g/mol. The number of aryl methyl sites for hydroxylation is 1. The normalized spacial score (nSPS) is 12.5. The Hall–Kier alpha value is -2.57. The number of nitrogens with zero attached hydrogens (tertiary/aromatic N) is 3. The van der Waals surface area contributed by atoms with Crippen LogP contribution >= 0.6 is 11.8 Å². The van der Waals surface area contributed by atoms with Gasteiger partial charge in [-0.25, -0.2) is 17.7 Å². The summed E-state index contributed by atoms with van der Waals surface area (Å²) in [7, 11) is -1.18. The van der Waals surface area contributed by atoms with Crippen molar-refractivity contribution in [2.75, 3.05) is 25.7 Å². The highest BCUT2D eigenvalue weighted by molar-refractivity contribution is 7.98. The summed E-state index contributed by atoms with van der Waals surface area (Å²) in [5.74, 6) is -1.64. The molecule has 1 amide bonds. The number of hydrogen-bond acceptors (Lipinski definition) is 5. The number of aromatic nitrogens is 2. The molecule has 3 rings (SSSR count). The number of alkyl halides is 3. The molecule has 0 unspecified atom stereocenters. The van der Waals surface area contributed by atoms with Crippen molar-refractivity contribution >= 4 is 44.4 Å². The van der Waals surface area contributed by atoms with Crippen molar-refractivity contribution < 1.29 is 26.4 Å². The highest BCUT2D eigenvalue weighted by Gasteiger charge is 2.38. The van der Waals surface area contributed by atoms with Crippen LogP contribution in [0.2, 0.25) is 0 Å². The molecule has 0 spiro atoms. The van der Waals surface area contributed by atoms with Crippen LogP contribution in [0.15, 0.2) is 52.3 Å². The quantitative estimate of drug-likeness (QED) is 0.510. The van der Waals surface area contributed by atoms with Crippen molar-refractivity contribution in [2.24, 2.45) is 0 Å². The van der Waals surface area contributed by atoms with Crippen LogP contribution in [-0.2, 0) is 27.5 Å². The highest BCUT2D eigenvalue weighted by Crippen LogP contribution is 2.32. The summed E-state index contributed by atoms with van der Waals surface area (Å²) in [4.78, 5) is 16.7. The lowest BCUT2D eigenvalue weighted by Crippen LogP contribution is -2.22. The number of nitrogens with one attached hydrogen (secondary N) is 1. The molecule has 0 saturated carbocycles. The van der Waals surface area contributed by atoms with E-state index in [0.717, 1.165) is 19.8 Å². The molecular formula is C20H21F3N4O3S2. The van der Waals surface area contributed by atoms with Gasteiger partial charge in [-0.1, -0.05) is 6.07 Å². The number of fused-ring (bicyclic) bond motifs is 1. The molecule has 7 nitrogen and oxygen atoms in total. The Balaban J connectivity index is 1.90. The Morgan fingerprint density at radius 2 is 1.91 bits per heavy atom. The van der Waals surface area contributed by atoms with Crippen LogP contribution in [-0.4, -0.2) is 48.5 Å². The number of hydrogen-bond donors (Lipinski definition) is 1. The van der Waals surface area contributed by atoms with Gasteiger partial charge >= 0.3 is 6.18 Å². The fraction of sp³-hybridized carbons (Fsp3) is 0.300. The predicted molar refractivity (Wildman–Crippen MR) is 117 cm³/mol. The Kier molecular flexibility index (Phi) is 6.86. The molecule has 1 N–H and O–H groups in total. The lowest BCUT2D eigenvalue weighted by Gasteiger charge is -2.13. The molecule has 2 aromatic carbocycles. The number of anilines is 1. The van der Waals surface area contributed by atoms with E-state index in [2.05, 4.69) is 10.3 Å². The zero-order valence-electron chi connectivity index (χ0n) is 17.5. The molecule has 0 bridgehead atoms. The second-order valence-corrected chi connectivity index (χ2v) is 10.1. The molecule has 0 atom stereocenters. The molecule has 0 aliphatic rings. The van der Waals surface area contributed by atoms with E-state index in [4.69, 9.17) is 0 Å². The summed E-state index contributed by atoms with van der Waals surface area (Å²) in [6.45, 7) is -0.279. The summed E-state index contributed by atoms with van der Waals surface area (Å²) in [6.07, 6.45) is -3.11. The zero-order chi connectivity index (χ0) is 23.7. The fourth-order valence-corrected chi connectivity index (χ4v) is 4.44. The topological polar surface area (TPSA) is 84.3 Å². The summed E-state index contributed by atoms with van der Waals surface area (Å²) in [5, 5.41) is 2.67. The summed E-state index contributed by atoms with van der Waals surface area (Å²) < 4.78 is 67.3. The van der Waals surface area contributed by atoms with Gasteiger partial charge in [-0.3, -0.25) is 4.79 Å². The minimum Gasteiger partial charge on any atom is -0.326 e. The number of sulfonamides is 1. The first-order chi connectivity index (χ1) is 14.9. The van der Waals surface area contributed by atoms with Crippen LogP contribution in [0.5, 0.6) is 0 Å². The largest absolute Gasteiger partial charge is 0.449 e. The van der Waals surface area contributed by atoms with Crippen molar-refractivity contribution in [2.45, 2.75) is 28.9 Å². The second-order valence-electron chi connectivity index (χ2n) is 7.05. The minimum absolute atomic E-state index is 0.0900. The van der Waals surface area contributed by atoms with Gasteiger partial charge < -0.3 is 9.88 Å². The van der Waals surface area contributed by atoms with Gasteiger partial charge in [-0.2, -0.15) is 13.2 Å². The predicted octanol–water partition coefficient (Wildman–Crippen LogP) is 4.06. The monoisotopic (exact) mass is 486 g/mol. The lowest BCUT2D eigenvalue weighted by molar-refractivity contribution is -0.147. The van der Waals surface area contributed by atoms with Gasteiger partial charge in [0.15, 0.2) is 0 Å². The van der Waals surface area contributed by atoms with Gasteiger partial charge in [0, 0.05) is 37.6 Å². The van der Waals surface area contributed by atoms with E-state index in [-0.39, 0.29) is 28.9 Å². The van der Waals surface area contributed by atoms with Gasteiger partial charge in [-0.05, 0) is 42.7 Å². The van der Waals surface area contributed by atoms with Crippen LogP contribution in [0.1, 0.15) is 12.2 Å². The minimum atomic E-state index is -4.78. The highest BCUT2D eigenvalue weighted by atomic mass is 32.2. The van der Waals surface area contributed by atoms with Crippen LogP contribution in [0.3, 0.4) is 0 Å². The zero-order valence-corrected chi connectivity index (χ0v) is 19.1. The van der Waals surface area contributed by atoms with Gasteiger partial charge in [0.1, 0.15) is 0 Å². The summed E-state index contributed by atoms with van der Waals surface area (Å²) >= 11 is 1.50. The van der Waals surface area contributed by atoms with Gasteiger partial charge in [-0.15, -0.1) is 11.8 Å². The number of imidazole rings is 1. The van der Waals surface area contributed by atoms with Crippen LogP contribution in [0.25, 0.3) is 11.0 Å². The van der Waals surface area contributed by atoms with Gasteiger partial charge in [0.05, 0.1) is 15.9 Å². The van der Waals surface area contributed by atoms with E-state index in [1.165, 1.54) is 38.0 Å². The van der Waals surface area contributed by atoms with Crippen molar-refractivity contribution in [3.63, 3.8) is 0 Å². The smallest absolute Gasteiger partial charge is 0.326 e. The first kappa shape index (κ1) is 24.1. The molecule has 0 radical (unpaired) electrons. The molecule has 0 aliphatic heterocycles. The number of thioether (sulfide) groups is 1. The van der Waals surface area contributed by atoms with Crippen molar-refractivity contribution in [3.8, 4) is 0 Å². The molecule has 1 aromatic heterocycles. The fourth-order valence-electron chi connectivity index (χ4n) is 3.06. The maximum Gasteiger partial charge on any atom is 0.449 e. The molecule has 3 aromatic rings. The average Bonchev–Trinajstić information content (AvgIpc) is 3.10. The number of carbonyl (C=O) groups is 1. The van der Waals surface area contributed by atoms with E-state index in [1.807, 2.05) is 12.3 Å². The number of amides is 1. The van der Waals surface area contributed by atoms with Gasteiger partial charge in [0.2, 0.25) is 21.8 Å². The van der Waals surface area contributed by atoms with Crippen molar-refractivity contribution in [1.82, 2.24) is 13.9 Å². The molecule has 0 saturated heterocycles. The van der Waals surface area contributed by atoms with Crippen LogP contribution < -0.4 is 5.32 Å². The molecule has 12 heteroatoms. The third-order valence-corrected chi connectivity index (χ3v) is 7.20. The second kappa shape index (κ2) is 9.12. The first-order valence-corrected chi connectivity index (χ1v) is 12.0. The number of benzene rings is 2. The van der Waals surface area contributed by atoms with Crippen molar-refractivity contribution in [1.29, 1.82) is 0 Å². The summed E-state index contributed by atoms with van der Waals surface area (Å²) in [6, 6.07) is 10.7. The lowest BCUT2D eigenvalue weighted by atomic mass is 10.3. The molecular weight excluding hydrogens is 465 g/mol. The molecule has 32 heavy (non-hydrogen) atoms. The number of halogens is 3. The van der Waals surface area contributed by atoms with E-state index in [0.29, 0.717) is 5.69 Å². The molecule has 0 aliphatic carbocycles. The SMILES string of the molecule is CSc1cccc(NC(=O)CCn2c(C(F)(F)F)nc3cc(S(=O)(=O)N(C)C)ccc32)c1. The Morgan fingerprint density at radius 1 is 1.19 bits per heavy atom. The van der Waals surface area contributed by atoms with E-state index >= 15 is 0 Å². The standard InChI is InChI=1S/C20H21F3N4O3S2/c1-26(2)32(29,30)15-7-8-17-16(12-15)25-19(20(21,22)23)27(17)10-9-18(28)24-13-5-4-6-14(11-13)31-3/h4-8,11-12H,9-10H2,1-3H3,(H,24,28). The number of rotatable bonds is 7. The maximum atomic E-state index is 13.6. The Bertz CT molecular complexity index is 1250. The molecule has 1 heterocycles. The van der Waals surface area contributed by atoms with E-state index < -0.39 is 27.9 Å². The summed E-state index contributed by atoms with van der Waals surface area (Å²) in [5.41, 5.74) is 0.521. The first-order valence-electron chi connectivity index (χ1n) is 9.37. The Labute approximate surface area is 187 Å². The van der Waals surface area contributed by atoms with Crippen molar-refractivity contribution in [3.05, 3.63) is 48.3 Å². The van der Waals surface area contributed by atoms with Crippen LogP contribution in [0.4, 0.5) is 18.9 Å². The van der Waals surface area contributed by atoms with E-state index in [1.54, 1.807) is 18.2 Å². The number of carbonyl (C=O) groups excluding carboxylic acids is 1. The third kappa shape index (κ3) is 5.08. The molecule has 0 fully saturated rings.